The Morgan fingerprint density at radius 1 is 1.47 bits per heavy atom. The third-order valence-corrected chi connectivity index (χ3v) is 3.73. The van der Waals surface area contributed by atoms with E-state index in [1.54, 1.807) is 6.92 Å². The Hall–Kier alpha value is -1.03. The van der Waals surface area contributed by atoms with Crippen LogP contribution in [0.4, 0.5) is 0 Å². The zero-order valence-electron chi connectivity index (χ0n) is 8.71. The summed E-state index contributed by atoms with van der Waals surface area (Å²) >= 11 is 1.33. The van der Waals surface area contributed by atoms with Gasteiger partial charge in [0.2, 0.25) is 0 Å². The Balaban J connectivity index is 2.37. The van der Waals surface area contributed by atoms with Crippen molar-refractivity contribution in [1.29, 1.82) is 0 Å². The fourth-order valence-corrected chi connectivity index (χ4v) is 3.08. The molecule has 0 saturated carbocycles. The van der Waals surface area contributed by atoms with Crippen molar-refractivity contribution in [2.75, 3.05) is 6.61 Å². The van der Waals surface area contributed by atoms with Crippen LogP contribution in [0, 0.1) is 0 Å². The topological polar surface area (TPSA) is 46.5 Å². The largest absolute Gasteiger partial charge is 0.499 e. The van der Waals surface area contributed by atoms with Crippen molar-refractivity contribution < 1.29 is 14.6 Å². The number of hydrogen-bond acceptors (Lipinski definition) is 4. The Morgan fingerprint density at radius 2 is 2.20 bits per heavy atom. The van der Waals surface area contributed by atoms with E-state index in [0.29, 0.717) is 12.2 Å². The third-order valence-electron chi connectivity index (χ3n) is 2.63. The zero-order valence-corrected chi connectivity index (χ0v) is 9.52. The van der Waals surface area contributed by atoms with Crippen molar-refractivity contribution in [2.24, 2.45) is 0 Å². The van der Waals surface area contributed by atoms with Crippen LogP contribution in [-0.2, 0) is 17.6 Å². The van der Waals surface area contributed by atoms with E-state index >= 15 is 0 Å². The molecule has 0 radical (unpaired) electrons. The maximum atomic E-state index is 11.6. The molecule has 1 heterocycles. The van der Waals surface area contributed by atoms with E-state index in [4.69, 9.17) is 4.74 Å². The number of fused-ring (bicyclic) bond motifs is 1. The molecule has 82 valence electrons. The van der Waals surface area contributed by atoms with Crippen molar-refractivity contribution in [3.63, 3.8) is 0 Å². The third kappa shape index (κ3) is 1.86. The molecule has 2 rings (SSSR count). The van der Waals surface area contributed by atoms with E-state index in [0.717, 1.165) is 36.1 Å². The Bertz CT molecular complexity index is 381. The molecule has 0 aliphatic heterocycles. The predicted molar refractivity (Wildman–Crippen MR) is 58.6 cm³/mol. The van der Waals surface area contributed by atoms with Crippen LogP contribution in [0.3, 0.4) is 0 Å². The molecule has 15 heavy (non-hydrogen) atoms. The summed E-state index contributed by atoms with van der Waals surface area (Å²) in [5.74, 6) is -0.380. The van der Waals surface area contributed by atoms with Crippen LogP contribution in [0.2, 0.25) is 0 Å². The van der Waals surface area contributed by atoms with Crippen LogP contribution < -0.4 is 0 Å². The monoisotopic (exact) mass is 226 g/mol. The fraction of sp³-hybridized carbons (Fsp3) is 0.545. The van der Waals surface area contributed by atoms with E-state index in [9.17, 15) is 9.90 Å². The van der Waals surface area contributed by atoms with Crippen LogP contribution in [0.5, 0.6) is 5.06 Å². The van der Waals surface area contributed by atoms with E-state index in [-0.39, 0.29) is 11.0 Å². The Morgan fingerprint density at radius 3 is 2.93 bits per heavy atom. The second-order valence-corrected chi connectivity index (χ2v) is 4.70. The summed E-state index contributed by atoms with van der Waals surface area (Å²) in [6.07, 6.45) is 4.11. The van der Waals surface area contributed by atoms with Crippen molar-refractivity contribution in [3.8, 4) is 5.06 Å². The lowest BCUT2D eigenvalue weighted by Gasteiger charge is -2.11. The molecule has 0 amide bonds. The number of esters is 1. The molecule has 1 aliphatic rings. The highest BCUT2D eigenvalue weighted by atomic mass is 32.1. The highest BCUT2D eigenvalue weighted by Gasteiger charge is 2.25. The molecule has 1 aromatic heterocycles. The summed E-state index contributed by atoms with van der Waals surface area (Å²) in [4.78, 5) is 12.8. The minimum Gasteiger partial charge on any atom is -0.499 e. The summed E-state index contributed by atoms with van der Waals surface area (Å²) in [5, 5.41) is 9.84. The summed E-state index contributed by atoms with van der Waals surface area (Å²) in [5.41, 5.74) is 1.43. The quantitative estimate of drug-likeness (QED) is 0.788. The van der Waals surface area contributed by atoms with Crippen molar-refractivity contribution in [1.82, 2.24) is 0 Å². The Kier molecular flexibility index (Phi) is 2.95. The SMILES string of the molecule is CCOC(=O)c1c(O)sc2c1CCCC2. The smallest absolute Gasteiger partial charge is 0.343 e. The number of hydrogen-bond donors (Lipinski definition) is 1. The van der Waals surface area contributed by atoms with Crippen LogP contribution >= 0.6 is 11.3 Å². The second-order valence-electron chi connectivity index (χ2n) is 3.61. The van der Waals surface area contributed by atoms with Gasteiger partial charge in [0, 0.05) is 4.88 Å². The van der Waals surface area contributed by atoms with Gasteiger partial charge in [0.25, 0.3) is 0 Å². The molecule has 3 nitrogen and oxygen atoms in total. The van der Waals surface area contributed by atoms with Gasteiger partial charge in [-0.1, -0.05) is 0 Å². The van der Waals surface area contributed by atoms with Crippen LogP contribution in [0.15, 0.2) is 0 Å². The van der Waals surface area contributed by atoms with Gasteiger partial charge in [-0.2, -0.15) is 0 Å². The van der Waals surface area contributed by atoms with Gasteiger partial charge >= 0.3 is 5.97 Å². The minimum absolute atomic E-state index is 0.125. The molecular weight excluding hydrogens is 212 g/mol. The van der Waals surface area contributed by atoms with Gasteiger partial charge in [0.05, 0.1) is 6.61 Å². The van der Waals surface area contributed by atoms with Crippen molar-refractivity contribution in [3.05, 3.63) is 16.0 Å². The van der Waals surface area contributed by atoms with E-state index in [2.05, 4.69) is 0 Å². The van der Waals surface area contributed by atoms with Gasteiger partial charge in [-0.15, -0.1) is 11.3 Å². The summed E-state index contributed by atoms with van der Waals surface area (Å²) in [6, 6.07) is 0. The average molecular weight is 226 g/mol. The molecule has 0 atom stereocenters. The maximum Gasteiger partial charge on any atom is 0.343 e. The van der Waals surface area contributed by atoms with Crippen LogP contribution in [-0.4, -0.2) is 17.7 Å². The highest BCUT2D eigenvalue weighted by molar-refractivity contribution is 7.14. The summed E-state index contributed by atoms with van der Waals surface area (Å²) in [7, 11) is 0. The predicted octanol–water partition coefficient (Wildman–Crippen LogP) is 2.51. The summed E-state index contributed by atoms with van der Waals surface area (Å²) in [6.45, 7) is 2.12. The first-order chi connectivity index (χ1) is 7.24. The first-order valence-electron chi connectivity index (χ1n) is 5.24. The molecule has 1 aromatic rings. The molecule has 0 aromatic carbocycles. The molecule has 0 saturated heterocycles. The Labute approximate surface area is 92.7 Å². The molecule has 0 unspecified atom stereocenters. The van der Waals surface area contributed by atoms with E-state index in [1.807, 2.05) is 0 Å². The molecule has 1 aliphatic carbocycles. The molecular formula is C11H14O3S. The number of aromatic hydroxyl groups is 1. The number of thiophene rings is 1. The number of aryl methyl sites for hydroxylation is 1. The molecule has 0 fully saturated rings. The van der Waals surface area contributed by atoms with Gasteiger partial charge in [-0.25, -0.2) is 4.79 Å². The minimum atomic E-state index is -0.380. The standard InChI is InChI=1S/C11H14O3S/c1-2-14-10(12)9-7-5-3-4-6-8(7)15-11(9)13/h13H,2-6H2,1H3. The lowest BCUT2D eigenvalue weighted by atomic mass is 9.96. The van der Waals surface area contributed by atoms with Gasteiger partial charge in [0.15, 0.2) is 5.06 Å². The average Bonchev–Trinajstić information content (AvgIpc) is 2.54. The first kappa shape index (κ1) is 10.5. The number of rotatable bonds is 2. The zero-order chi connectivity index (χ0) is 10.8. The molecule has 1 N–H and O–H groups in total. The lowest BCUT2D eigenvalue weighted by molar-refractivity contribution is 0.0522. The normalized spacial score (nSPS) is 14.7. The molecule has 0 spiro atoms. The van der Waals surface area contributed by atoms with E-state index in [1.165, 1.54) is 11.3 Å². The van der Waals surface area contributed by atoms with Crippen LogP contribution in [0.1, 0.15) is 40.6 Å². The number of carbonyl (C=O) groups excluding carboxylic acids is 1. The number of ether oxygens (including phenoxy) is 1. The van der Waals surface area contributed by atoms with Gasteiger partial charge in [0.1, 0.15) is 5.56 Å². The lowest BCUT2D eigenvalue weighted by Crippen LogP contribution is -2.09. The fourth-order valence-electron chi connectivity index (χ4n) is 1.97. The van der Waals surface area contributed by atoms with Crippen molar-refractivity contribution >= 4 is 17.3 Å². The van der Waals surface area contributed by atoms with Crippen molar-refractivity contribution in [2.45, 2.75) is 32.6 Å². The van der Waals surface area contributed by atoms with Gasteiger partial charge < -0.3 is 9.84 Å². The number of carbonyl (C=O) groups is 1. The second kappa shape index (κ2) is 4.23. The van der Waals surface area contributed by atoms with Crippen LogP contribution in [0.25, 0.3) is 0 Å². The van der Waals surface area contributed by atoms with Gasteiger partial charge in [-0.05, 0) is 38.2 Å². The first-order valence-corrected chi connectivity index (χ1v) is 6.06. The highest BCUT2D eigenvalue weighted by Crippen LogP contribution is 2.39. The van der Waals surface area contributed by atoms with E-state index < -0.39 is 0 Å². The summed E-state index contributed by atoms with van der Waals surface area (Å²) < 4.78 is 4.94. The molecule has 0 bridgehead atoms. The maximum absolute atomic E-state index is 11.6. The molecule has 4 heteroatoms. The van der Waals surface area contributed by atoms with Gasteiger partial charge in [-0.3, -0.25) is 0 Å².